The van der Waals surface area contributed by atoms with E-state index in [-0.39, 0.29) is 17.2 Å². The molecule has 1 aliphatic rings. The molecule has 1 saturated carbocycles. The van der Waals surface area contributed by atoms with Crippen molar-refractivity contribution in [2.45, 2.75) is 31.7 Å². The fourth-order valence-electron chi connectivity index (χ4n) is 2.63. The zero-order valence-corrected chi connectivity index (χ0v) is 12.1. The van der Waals surface area contributed by atoms with Gasteiger partial charge in [0.1, 0.15) is 5.69 Å². The molecule has 6 nitrogen and oxygen atoms in total. The Balaban J connectivity index is 1.86. The zero-order valence-electron chi connectivity index (χ0n) is 12.1. The molecule has 1 heterocycles. The van der Waals surface area contributed by atoms with Gasteiger partial charge in [-0.3, -0.25) is 14.6 Å². The molecule has 0 atom stereocenters. The molecule has 0 spiro atoms. The first kappa shape index (κ1) is 14.7. The molecule has 0 bridgehead atoms. The molecule has 1 aliphatic carbocycles. The summed E-state index contributed by atoms with van der Waals surface area (Å²) in [5.74, 6) is -0.199. The molecule has 1 aromatic heterocycles. The van der Waals surface area contributed by atoms with Crippen molar-refractivity contribution in [2.75, 3.05) is 27.2 Å². The molecule has 0 aliphatic heterocycles. The Morgan fingerprint density at radius 3 is 2.65 bits per heavy atom. The number of aromatic nitrogens is 2. The summed E-state index contributed by atoms with van der Waals surface area (Å²) in [4.78, 5) is 33.5. The van der Waals surface area contributed by atoms with Crippen molar-refractivity contribution in [1.29, 1.82) is 0 Å². The van der Waals surface area contributed by atoms with Crippen LogP contribution in [0.25, 0.3) is 0 Å². The summed E-state index contributed by atoms with van der Waals surface area (Å²) in [5, 5.41) is 0. The highest BCUT2D eigenvalue weighted by Crippen LogP contribution is 2.21. The van der Waals surface area contributed by atoms with Crippen LogP contribution in [0.5, 0.6) is 0 Å². The maximum absolute atomic E-state index is 12.1. The van der Waals surface area contributed by atoms with Crippen LogP contribution >= 0.6 is 0 Å². The Kier molecular flexibility index (Phi) is 4.89. The van der Waals surface area contributed by atoms with Crippen molar-refractivity contribution in [1.82, 2.24) is 19.8 Å². The van der Waals surface area contributed by atoms with E-state index in [1.165, 1.54) is 31.9 Å². The van der Waals surface area contributed by atoms with Gasteiger partial charge in [-0.25, -0.2) is 0 Å². The SMILES string of the molecule is CN(CCN(C)C1CCCC1)C(=O)c1cncc(=O)[nH]1. The first-order chi connectivity index (χ1) is 9.58. The lowest BCUT2D eigenvalue weighted by Crippen LogP contribution is -2.39. The minimum absolute atomic E-state index is 0.199. The summed E-state index contributed by atoms with van der Waals surface area (Å²) in [6, 6.07) is 0.650. The highest BCUT2D eigenvalue weighted by molar-refractivity contribution is 5.91. The number of likely N-dealkylation sites (N-methyl/N-ethyl adjacent to an activating group) is 2. The van der Waals surface area contributed by atoms with Crippen LogP contribution in [0.15, 0.2) is 17.2 Å². The fraction of sp³-hybridized carbons (Fsp3) is 0.643. The molecule has 0 saturated heterocycles. The number of nitrogens with one attached hydrogen (secondary N) is 1. The number of H-pyrrole nitrogens is 1. The van der Waals surface area contributed by atoms with Gasteiger partial charge in [-0.1, -0.05) is 12.8 Å². The minimum Gasteiger partial charge on any atom is -0.339 e. The van der Waals surface area contributed by atoms with Crippen LogP contribution in [0.1, 0.15) is 36.2 Å². The molecule has 1 amide bonds. The van der Waals surface area contributed by atoms with E-state index in [1.54, 1.807) is 11.9 Å². The van der Waals surface area contributed by atoms with Gasteiger partial charge in [0.05, 0.1) is 12.4 Å². The van der Waals surface area contributed by atoms with E-state index in [0.717, 1.165) is 12.7 Å². The maximum Gasteiger partial charge on any atom is 0.271 e. The standard InChI is InChI=1S/C14H22N4O2/c1-17(11-5-3-4-6-11)7-8-18(2)14(20)12-9-15-10-13(19)16-12/h9-11H,3-8H2,1-2H3,(H,16,19). The Hall–Kier alpha value is -1.69. The smallest absolute Gasteiger partial charge is 0.271 e. The van der Waals surface area contributed by atoms with Crippen LogP contribution in [0.4, 0.5) is 0 Å². The molecule has 0 unspecified atom stereocenters. The molecule has 1 N–H and O–H groups in total. The van der Waals surface area contributed by atoms with Gasteiger partial charge in [0, 0.05) is 26.2 Å². The topological polar surface area (TPSA) is 69.3 Å². The largest absolute Gasteiger partial charge is 0.339 e. The van der Waals surface area contributed by atoms with Crippen LogP contribution in [0, 0.1) is 0 Å². The molecule has 1 fully saturated rings. The molecular weight excluding hydrogens is 256 g/mol. The number of carbonyl (C=O) groups excluding carboxylic acids is 1. The summed E-state index contributed by atoms with van der Waals surface area (Å²) < 4.78 is 0. The van der Waals surface area contributed by atoms with Gasteiger partial charge in [-0.2, -0.15) is 0 Å². The first-order valence-electron chi connectivity index (χ1n) is 7.08. The number of amides is 1. The van der Waals surface area contributed by atoms with E-state index in [9.17, 15) is 9.59 Å². The number of rotatable bonds is 5. The molecule has 0 radical (unpaired) electrons. The van der Waals surface area contributed by atoms with Crippen molar-refractivity contribution in [3.05, 3.63) is 28.4 Å². The van der Waals surface area contributed by atoms with E-state index in [4.69, 9.17) is 0 Å². The monoisotopic (exact) mass is 278 g/mol. The second kappa shape index (κ2) is 6.65. The lowest BCUT2D eigenvalue weighted by atomic mass is 10.2. The Morgan fingerprint density at radius 1 is 1.30 bits per heavy atom. The van der Waals surface area contributed by atoms with Gasteiger partial charge in [-0.05, 0) is 19.9 Å². The average Bonchev–Trinajstić information content (AvgIpc) is 2.97. The number of hydrogen-bond donors (Lipinski definition) is 1. The summed E-state index contributed by atoms with van der Waals surface area (Å²) in [5.41, 5.74) is -0.115. The summed E-state index contributed by atoms with van der Waals surface area (Å²) in [6.07, 6.45) is 7.67. The van der Waals surface area contributed by atoms with E-state index in [0.29, 0.717) is 12.6 Å². The van der Waals surface area contributed by atoms with Gasteiger partial charge in [0.2, 0.25) is 0 Å². The number of hydrogen-bond acceptors (Lipinski definition) is 4. The van der Waals surface area contributed by atoms with Gasteiger partial charge < -0.3 is 14.8 Å². The minimum atomic E-state index is -0.354. The molecule has 20 heavy (non-hydrogen) atoms. The highest BCUT2D eigenvalue weighted by atomic mass is 16.2. The zero-order chi connectivity index (χ0) is 14.5. The van der Waals surface area contributed by atoms with Gasteiger partial charge in [-0.15, -0.1) is 0 Å². The molecular formula is C14H22N4O2. The highest BCUT2D eigenvalue weighted by Gasteiger charge is 2.20. The van der Waals surface area contributed by atoms with Gasteiger partial charge in [0.25, 0.3) is 11.5 Å². The van der Waals surface area contributed by atoms with Crippen LogP contribution in [0.3, 0.4) is 0 Å². The quantitative estimate of drug-likeness (QED) is 0.861. The third-order valence-corrected chi connectivity index (χ3v) is 3.97. The summed E-state index contributed by atoms with van der Waals surface area (Å²) >= 11 is 0. The number of nitrogens with zero attached hydrogens (tertiary/aromatic N) is 3. The van der Waals surface area contributed by atoms with E-state index >= 15 is 0 Å². The van der Waals surface area contributed by atoms with Crippen LogP contribution in [-0.2, 0) is 0 Å². The fourth-order valence-corrected chi connectivity index (χ4v) is 2.63. The number of carbonyl (C=O) groups is 1. The van der Waals surface area contributed by atoms with Crippen molar-refractivity contribution < 1.29 is 4.79 Å². The first-order valence-corrected chi connectivity index (χ1v) is 7.08. The lowest BCUT2D eigenvalue weighted by Gasteiger charge is -2.26. The molecule has 2 rings (SSSR count). The van der Waals surface area contributed by atoms with Crippen LogP contribution in [0.2, 0.25) is 0 Å². The average molecular weight is 278 g/mol. The van der Waals surface area contributed by atoms with Crippen molar-refractivity contribution in [2.24, 2.45) is 0 Å². The summed E-state index contributed by atoms with van der Waals surface area (Å²) in [6.45, 7) is 1.49. The second-order valence-corrected chi connectivity index (χ2v) is 5.46. The van der Waals surface area contributed by atoms with Gasteiger partial charge >= 0.3 is 0 Å². The van der Waals surface area contributed by atoms with E-state index < -0.39 is 0 Å². The van der Waals surface area contributed by atoms with E-state index in [1.807, 2.05) is 0 Å². The van der Waals surface area contributed by atoms with Crippen LogP contribution in [-0.4, -0.2) is 58.9 Å². The predicted molar refractivity (Wildman–Crippen MR) is 76.7 cm³/mol. The molecule has 6 heteroatoms. The maximum atomic E-state index is 12.1. The third kappa shape index (κ3) is 3.66. The summed E-state index contributed by atoms with van der Waals surface area (Å²) in [7, 11) is 3.86. The van der Waals surface area contributed by atoms with Crippen molar-refractivity contribution >= 4 is 5.91 Å². The van der Waals surface area contributed by atoms with E-state index in [2.05, 4.69) is 21.9 Å². The Labute approximate surface area is 118 Å². The van der Waals surface area contributed by atoms with Crippen molar-refractivity contribution in [3.8, 4) is 0 Å². The predicted octanol–water partition coefficient (Wildman–Crippen LogP) is 0.716. The normalized spacial score (nSPS) is 15.8. The third-order valence-electron chi connectivity index (χ3n) is 3.97. The Morgan fingerprint density at radius 2 is 2.00 bits per heavy atom. The Bertz CT molecular complexity index is 508. The number of aromatic amines is 1. The second-order valence-electron chi connectivity index (χ2n) is 5.46. The lowest BCUT2D eigenvalue weighted by molar-refractivity contribution is 0.0768. The molecule has 0 aromatic carbocycles. The van der Waals surface area contributed by atoms with Gasteiger partial charge in [0.15, 0.2) is 0 Å². The van der Waals surface area contributed by atoms with Crippen molar-refractivity contribution in [3.63, 3.8) is 0 Å². The molecule has 110 valence electrons. The van der Waals surface area contributed by atoms with Crippen LogP contribution < -0.4 is 5.56 Å². The molecule has 1 aromatic rings.